The molecule has 8 heteroatoms. The average molecular weight is 428 g/mol. The predicted molar refractivity (Wildman–Crippen MR) is 115 cm³/mol. The number of ether oxygens (including phenoxy) is 1. The summed E-state index contributed by atoms with van der Waals surface area (Å²) in [6, 6.07) is 11.7. The van der Waals surface area contributed by atoms with Crippen LogP contribution >= 0.6 is 11.3 Å². The number of aryl methyl sites for hydroxylation is 1. The molecule has 3 aromatic rings. The molecule has 158 valence electrons. The summed E-state index contributed by atoms with van der Waals surface area (Å²) in [5.41, 5.74) is 1.12. The molecule has 0 radical (unpaired) electrons. The maximum Gasteiger partial charge on any atom is 0.437 e. The zero-order chi connectivity index (χ0) is 20.9. The molecule has 4 rings (SSSR count). The molecule has 1 aliphatic rings. The molecule has 2 aromatic heterocycles. The van der Waals surface area contributed by atoms with E-state index in [-0.39, 0.29) is 24.9 Å². The number of nitrogens with zero attached hydrogens (tertiary/aromatic N) is 3. The SMILES string of the molecule is COc1ccc([C@@H]2CCCCCN2C(=O)CCn2nc(-c3cccs3)oc2=O)cc1. The average Bonchev–Trinajstić information content (AvgIpc) is 3.36. The van der Waals surface area contributed by atoms with Gasteiger partial charge in [0.2, 0.25) is 5.91 Å². The molecular weight excluding hydrogens is 402 g/mol. The van der Waals surface area contributed by atoms with Gasteiger partial charge in [-0.05, 0) is 42.0 Å². The highest BCUT2D eigenvalue weighted by atomic mass is 32.1. The molecule has 7 nitrogen and oxygen atoms in total. The molecule has 0 N–H and O–H groups in total. The Hall–Kier alpha value is -2.87. The fourth-order valence-corrected chi connectivity index (χ4v) is 4.52. The summed E-state index contributed by atoms with van der Waals surface area (Å²) >= 11 is 1.46. The van der Waals surface area contributed by atoms with Crippen LogP contribution in [0.5, 0.6) is 5.75 Å². The maximum absolute atomic E-state index is 13.1. The fraction of sp³-hybridized carbons (Fsp3) is 0.409. The minimum absolute atomic E-state index is 0.0327. The van der Waals surface area contributed by atoms with Crippen molar-refractivity contribution < 1.29 is 13.9 Å². The molecule has 1 aliphatic heterocycles. The van der Waals surface area contributed by atoms with Crippen LogP contribution in [0.15, 0.2) is 51.0 Å². The monoisotopic (exact) mass is 427 g/mol. The summed E-state index contributed by atoms with van der Waals surface area (Å²) in [7, 11) is 1.65. The Kier molecular flexibility index (Phi) is 6.32. The summed E-state index contributed by atoms with van der Waals surface area (Å²) < 4.78 is 11.7. The quantitative estimate of drug-likeness (QED) is 0.592. The third-order valence-electron chi connectivity index (χ3n) is 5.45. The van der Waals surface area contributed by atoms with Gasteiger partial charge in [0.15, 0.2) is 0 Å². The number of amides is 1. The first kappa shape index (κ1) is 20.4. The molecule has 1 atom stereocenters. The molecule has 1 fully saturated rings. The van der Waals surface area contributed by atoms with Crippen molar-refractivity contribution in [2.24, 2.45) is 0 Å². The molecule has 1 aromatic carbocycles. The summed E-state index contributed by atoms with van der Waals surface area (Å²) in [6.07, 6.45) is 4.34. The molecule has 0 saturated carbocycles. The van der Waals surface area contributed by atoms with Gasteiger partial charge in [0.25, 0.3) is 5.89 Å². The number of hydrogen-bond donors (Lipinski definition) is 0. The summed E-state index contributed by atoms with van der Waals surface area (Å²) in [4.78, 5) is 28.0. The number of thiophene rings is 1. The fourth-order valence-electron chi connectivity index (χ4n) is 3.87. The van der Waals surface area contributed by atoms with Crippen molar-refractivity contribution in [2.75, 3.05) is 13.7 Å². The number of carbonyl (C=O) groups is 1. The predicted octanol–water partition coefficient (Wildman–Crippen LogP) is 4.11. The molecular formula is C22H25N3O4S. The topological polar surface area (TPSA) is 77.6 Å². The van der Waals surface area contributed by atoms with Crippen molar-refractivity contribution in [2.45, 2.75) is 44.7 Å². The van der Waals surface area contributed by atoms with E-state index in [1.807, 2.05) is 46.7 Å². The van der Waals surface area contributed by atoms with E-state index >= 15 is 0 Å². The zero-order valence-electron chi connectivity index (χ0n) is 17.0. The van der Waals surface area contributed by atoms with Crippen LogP contribution < -0.4 is 10.5 Å². The molecule has 1 amide bonds. The Labute approximate surface area is 178 Å². The lowest BCUT2D eigenvalue weighted by Crippen LogP contribution is -2.35. The Morgan fingerprint density at radius 3 is 2.80 bits per heavy atom. The number of aromatic nitrogens is 2. The van der Waals surface area contributed by atoms with Gasteiger partial charge < -0.3 is 14.1 Å². The van der Waals surface area contributed by atoms with Crippen LogP contribution in [-0.4, -0.2) is 34.2 Å². The first-order chi connectivity index (χ1) is 14.7. The maximum atomic E-state index is 13.1. The first-order valence-electron chi connectivity index (χ1n) is 10.2. The minimum atomic E-state index is -0.534. The van der Waals surface area contributed by atoms with Crippen molar-refractivity contribution in [1.29, 1.82) is 0 Å². The number of rotatable bonds is 6. The van der Waals surface area contributed by atoms with Crippen LogP contribution in [0.2, 0.25) is 0 Å². The third-order valence-corrected chi connectivity index (χ3v) is 6.31. The van der Waals surface area contributed by atoms with Crippen LogP contribution in [0.1, 0.15) is 43.7 Å². The molecule has 0 aliphatic carbocycles. The Morgan fingerprint density at radius 2 is 2.07 bits per heavy atom. The van der Waals surface area contributed by atoms with Crippen molar-refractivity contribution in [3.63, 3.8) is 0 Å². The van der Waals surface area contributed by atoms with Gasteiger partial charge in [-0.25, -0.2) is 4.79 Å². The standard InChI is InChI=1S/C22H25N3O4S/c1-28-17-10-8-16(9-11-17)18-6-3-2-4-13-24(18)20(26)12-14-25-22(27)29-21(23-25)19-7-5-15-30-19/h5,7-11,15,18H,2-4,6,12-14H2,1H3/t18-/m0/s1. The van der Waals surface area contributed by atoms with Gasteiger partial charge in [-0.3, -0.25) is 4.79 Å². The van der Waals surface area contributed by atoms with Crippen molar-refractivity contribution in [3.8, 4) is 16.5 Å². The van der Waals surface area contributed by atoms with Crippen molar-refractivity contribution in [3.05, 3.63) is 57.9 Å². The van der Waals surface area contributed by atoms with Crippen LogP contribution in [0, 0.1) is 0 Å². The van der Waals surface area contributed by atoms with E-state index < -0.39 is 5.76 Å². The second kappa shape index (κ2) is 9.30. The Morgan fingerprint density at radius 1 is 1.23 bits per heavy atom. The number of benzene rings is 1. The van der Waals surface area contributed by atoms with Crippen molar-refractivity contribution >= 4 is 17.2 Å². The molecule has 1 saturated heterocycles. The van der Waals surface area contributed by atoms with Crippen molar-refractivity contribution in [1.82, 2.24) is 14.7 Å². The van der Waals surface area contributed by atoms with Crippen LogP contribution in [0.3, 0.4) is 0 Å². The summed E-state index contributed by atoms with van der Waals surface area (Å²) in [5.74, 6) is 0.601. The largest absolute Gasteiger partial charge is 0.497 e. The van der Waals surface area contributed by atoms with Gasteiger partial charge in [0.05, 0.1) is 24.6 Å². The third kappa shape index (κ3) is 4.48. The minimum Gasteiger partial charge on any atom is -0.497 e. The molecule has 0 bridgehead atoms. The number of likely N-dealkylation sites (tertiary alicyclic amines) is 1. The smallest absolute Gasteiger partial charge is 0.437 e. The highest BCUT2D eigenvalue weighted by molar-refractivity contribution is 7.13. The molecule has 3 heterocycles. The molecule has 30 heavy (non-hydrogen) atoms. The lowest BCUT2D eigenvalue weighted by Gasteiger charge is -2.30. The Balaban J connectivity index is 1.47. The highest BCUT2D eigenvalue weighted by Gasteiger charge is 2.27. The first-order valence-corrected chi connectivity index (χ1v) is 11.1. The second-order valence-corrected chi connectivity index (χ2v) is 8.30. The highest BCUT2D eigenvalue weighted by Crippen LogP contribution is 2.31. The Bertz CT molecular complexity index is 1020. The molecule has 0 spiro atoms. The lowest BCUT2D eigenvalue weighted by molar-refractivity contribution is -0.134. The summed E-state index contributed by atoms with van der Waals surface area (Å²) in [5, 5.41) is 6.15. The number of hydrogen-bond acceptors (Lipinski definition) is 6. The second-order valence-electron chi connectivity index (χ2n) is 7.35. The van der Waals surface area contributed by atoms with E-state index in [1.165, 1.54) is 16.0 Å². The van der Waals surface area contributed by atoms with Crippen LogP contribution in [0.4, 0.5) is 0 Å². The lowest BCUT2D eigenvalue weighted by atomic mass is 10.0. The normalized spacial score (nSPS) is 17.0. The number of methoxy groups -OCH3 is 1. The van der Waals surface area contributed by atoms with E-state index in [9.17, 15) is 9.59 Å². The van der Waals surface area contributed by atoms with E-state index in [0.717, 1.165) is 48.4 Å². The van der Waals surface area contributed by atoms with Gasteiger partial charge in [0, 0.05) is 13.0 Å². The van der Waals surface area contributed by atoms with Crippen LogP contribution in [-0.2, 0) is 11.3 Å². The van der Waals surface area contributed by atoms with Gasteiger partial charge in [-0.2, -0.15) is 4.68 Å². The zero-order valence-corrected chi connectivity index (χ0v) is 17.8. The van der Waals surface area contributed by atoms with Gasteiger partial charge >= 0.3 is 5.76 Å². The van der Waals surface area contributed by atoms with E-state index in [4.69, 9.17) is 9.15 Å². The van der Waals surface area contributed by atoms with Gasteiger partial charge in [-0.1, -0.05) is 31.0 Å². The van der Waals surface area contributed by atoms with E-state index in [1.54, 1.807) is 7.11 Å². The van der Waals surface area contributed by atoms with Crippen LogP contribution in [0.25, 0.3) is 10.8 Å². The molecule has 0 unspecified atom stereocenters. The van der Waals surface area contributed by atoms with Gasteiger partial charge in [0.1, 0.15) is 5.75 Å². The van der Waals surface area contributed by atoms with E-state index in [2.05, 4.69) is 5.10 Å². The number of carbonyl (C=O) groups excluding carboxylic acids is 1. The summed E-state index contributed by atoms with van der Waals surface area (Å²) in [6.45, 7) is 0.933. The van der Waals surface area contributed by atoms with Gasteiger partial charge in [-0.15, -0.1) is 16.4 Å². The van der Waals surface area contributed by atoms with E-state index in [0.29, 0.717) is 5.89 Å².